The van der Waals surface area contributed by atoms with E-state index in [-0.39, 0.29) is 29.1 Å². The molecule has 1 aliphatic carbocycles. The Morgan fingerprint density at radius 3 is 2.57 bits per heavy atom. The zero-order chi connectivity index (χ0) is 14.8. The lowest BCUT2D eigenvalue weighted by molar-refractivity contribution is -0.122. The number of fused-ring (bicyclic) bond motifs is 1. The fourth-order valence-electron chi connectivity index (χ4n) is 3.22. The van der Waals surface area contributed by atoms with Crippen LogP contribution in [0.15, 0.2) is 0 Å². The molecule has 2 N–H and O–H groups in total. The first-order valence-corrected chi connectivity index (χ1v) is 9.12. The Hall–Kier alpha value is -0.130. The first kappa shape index (κ1) is 18.9. The van der Waals surface area contributed by atoms with Crippen LogP contribution < -0.4 is 10.6 Å². The summed E-state index contributed by atoms with van der Waals surface area (Å²) in [5.41, 5.74) is 0. The monoisotopic (exact) mass is 336 g/mol. The van der Waals surface area contributed by atoms with Crippen LogP contribution in [0.4, 0.5) is 0 Å². The lowest BCUT2D eigenvalue weighted by Crippen LogP contribution is -2.44. The van der Waals surface area contributed by atoms with E-state index in [1.807, 2.05) is 20.8 Å². The second-order valence-corrected chi connectivity index (χ2v) is 9.38. The summed E-state index contributed by atoms with van der Waals surface area (Å²) in [6.45, 7) is 6.41. The predicted molar refractivity (Wildman–Crippen MR) is 90.3 cm³/mol. The molecule has 0 spiro atoms. The molecule has 0 aromatic rings. The minimum Gasteiger partial charge on any atom is -0.354 e. The average molecular weight is 337 g/mol. The van der Waals surface area contributed by atoms with Gasteiger partial charge < -0.3 is 10.6 Å². The van der Waals surface area contributed by atoms with E-state index >= 15 is 0 Å². The Morgan fingerprint density at radius 1 is 1.29 bits per heavy atom. The normalized spacial score (nSPS) is 30.1. The van der Waals surface area contributed by atoms with Crippen molar-refractivity contribution in [1.82, 2.24) is 10.6 Å². The Morgan fingerprint density at radius 2 is 1.95 bits per heavy atom. The lowest BCUT2D eigenvalue weighted by atomic mass is 9.85. The number of hydrogen-bond donors (Lipinski definition) is 2. The van der Waals surface area contributed by atoms with Crippen molar-refractivity contribution in [1.29, 1.82) is 0 Å². The molecule has 4 nitrogen and oxygen atoms in total. The highest BCUT2D eigenvalue weighted by Gasteiger charge is 2.38. The van der Waals surface area contributed by atoms with Crippen molar-refractivity contribution in [2.75, 3.05) is 12.3 Å². The van der Waals surface area contributed by atoms with Gasteiger partial charge in [-0.2, -0.15) is 0 Å². The summed E-state index contributed by atoms with van der Waals surface area (Å²) < 4.78 is 11.7. The molecular weight excluding hydrogens is 308 g/mol. The van der Waals surface area contributed by atoms with Crippen LogP contribution in [-0.4, -0.2) is 39.2 Å². The molecule has 1 saturated heterocycles. The van der Waals surface area contributed by atoms with Crippen LogP contribution in [0.2, 0.25) is 0 Å². The molecular formula is C15H29ClN2O2S. The fourth-order valence-corrected chi connectivity index (χ4v) is 4.12. The standard InChI is InChI=1S/C15H28N2O2S.ClH/c1-15(2,3)20(19)9-8-16-14(18)13-10-11-6-4-5-7-12(11)17-13;/h11-13,17H,4-10H2,1-3H3,(H,16,18);1H. The number of nitrogens with one attached hydrogen (secondary N) is 2. The zero-order valence-corrected chi connectivity index (χ0v) is 14.9. The molecule has 6 heteroatoms. The van der Waals surface area contributed by atoms with Crippen molar-refractivity contribution in [3.05, 3.63) is 0 Å². The molecule has 1 heterocycles. The van der Waals surface area contributed by atoms with Gasteiger partial charge in [-0.3, -0.25) is 9.00 Å². The van der Waals surface area contributed by atoms with Gasteiger partial charge in [0, 0.05) is 33.9 Å². The molecule has 21 heavy (non-hydrogen) atoms. The second kappa shape index (κ2) is 7.93. The van der Waals surface area contributed by atoms with Crippen molar-refractivity contribution in [3.63, 3.8) is 0 Å². The zero-order valence-electron chi connectivity index (χ0n) is 13.3. The minimum absolute atomic E-state index is 0. The molecule has 4 unspecified atom stereocenters. The van der Waals surface area contributed by atoms with E-state index < -0.39 is 10.8 Å². The molecule has 0 aromatic heterocycles. The maximum atomic E-state index is 12.1. The third-order valence-electron chi connectivity index (χ3n) is 4.45. The van der Waals surface area contributed by atoms with Gasteiger partial charge in [-0.15, -0.1) is 12.4 Å². The third-order valence-corrected chi connectivity index (χ3v) is 6.39. The Bertz CT molecular complexity index is 370. The molecule has 1 amide bonds. The van der Waals surface area contributed by atoms with Crippen LogP contribution in [0.5, 0.6) is 0 Å². The summed E-state index contributed by atoms with van der Waals surface area (Å²) in [6.07, 6.45) is 6.03. The summed E-state index contributed by atoms with van der Waals surface area (Å²) in [5.74, 6) is 1.31. The third kappa shape index (κ3) is 5.22. The first-order valence-electron chi connectivity index (χ1n) is 7.80. The summed E-state index contributed by atoms with van der Waals surface area (Å²) in [5, 5.41) is 6.42. The molecule has 1 saturated carbocycles. The highest BCUT2D eigenvalue weighted by atomic mass is 35.5. The Labute approximate surface area is 137 Å². The number of carbonyl (C=O) groups excluding carboxylic acids is 1. The molecule has 2 fully saturated rings. The van der Waals surface area contributed by atoms with Gasteiger partial charge in [0.15, 0.2) is 0 Å². The van der Waals surface area contributed by atoms with Gasteiger partial charge in [0.05, 0.1) is 6.04 Å². The van der Waals surface area contributed by atoms with Gasteiger partial charge >= 0.3 is 0 Å². The van der Waals surface area contributed by atoms with Crippen LogP contribution >= 0.6 is 12.4 Å². The van der Waals surface area contributed by atoms with Gasteiger partial charge in [-0.25, -0.2) is 0 Å². The number of halogens is 1. The number of rotatable bonds is 4. The summed E-state index contributed by atoms with van der Waals surface area (Å²) >= 11 is 0. The van der Waals surface area contributed by atoms with Crippen molar-refractivity contribution >= 4 is 29.1 Å². The smallest absolute Gasteiger partial charge is 0.237 e. The molecule has 0 aromatic carbocycles. The van der Waals surface area contributed by atoms with Crippen LogP contribution in [0.3, 0.4) is 0 Å². The van der Waals surface area contributed by atoms with E-state index in [9.17, 15) is 9.00 Å². The fraction of sp³-hybridized carbons (Fsp3) is 0.933. The van der Waals surface area contributed by atoms with E-state index in [1.54, 1.807) is 0 Å². The summed E-state index contributed by atoms with van der Waals surface area (Å²) in [4.78, 5) is 12.1. The lowest BCUT2D eigenvalue weighted by Gasteiger charge is -2.24. The van der Waals surface area contributed by atoms with Crippen molar-refractivity contribution in [2.24, 2.45) is 5.92 Å². The maximum Gasteiger partial charge on any atom is 0.237 e. The van der Waals surface area contributed by atoms with Gasteiger partial charge in [-0.1, -0.05) is 12.8 Å². The molecule has 0 bridgehead atoms. The highest BCUT2D eigenvalue weighted by molar-refractivity contribution is 7.86. The van der Waals surface area contributed by atoms with Crippen LogP contribution in [-0.2, 0) is 15.6 Å². The van der Waals surface area contributed by atoms with Gasteiger partial charge in [-0.05, 0) is 46.0 Å². The maximum absolute atomic E-state index is 12.1. The highest BCUT2D eigenvalue weighted by Crippen LogP contribution is 2.33. The van der Waals surface area contributed by atoms with Crippen molar-refractivity contribution in [3.8, 4) is 0 Å². The van der Waals surface area contributed by atoms with Gasteiger partial charge in [0.25, 0.3) is 0 Å². The summed E-state index contributed by atoms with van der Waals surface area (Å²) in [7, 11) is -0.898. The van der Waals surface area contributed by atoms with Gasteiger partial charge in [0.1, 0.15) is 0 Å². The van der Waals surface area contributed by atoms with E-state index in [1.165, 1.54) is 25.7 Å². The van der Waals surface area contributed by atoms with Crippen molar-refractivity contribution < 1.29 is 9.00 Å². The summed E-state index contributed by atoms with van der Waals surface area (Å²) in [6, 6.07) is 0.509. The van der Waals surface area contributed by atoms with Crippen LogP contribution in [0, 0.1) is 5.92 Å². The van der Waals surface area contributed by atoms with Gasteiger partial charge in [0.2, 0.25) is 5.91 Å². The van der Waals surface area contributed by atoms with Crippen LogP contribution in [0.25, 0.3) is 0 Å². The number of hydrogen-bond acceptors (Lipinski definition) is 3. The first-order chi connectivity index (χ1) is 9.38. The topological polar surface area (TPSA) is 58.2 Å². The molecule has 2 rings (SSSR count). The quantitative estimate of drug-likeness (QED) is 0.825. The number of amides is 1. The largest absolute Gasteiger partial charge is 0.354 e. The molecule has 0 radical (unpaired) electrons. The molecule has 4 atom stereocenters. The van der Waals surface area contributed by atoms with E-state index in [4.69, 9.17) is 0 Å². The average Bonchev–Trinajstić information content (AvgIpc) is 2.81. The van der Waals surface area contributed by atoms with Crippen LogP contribution in [0.1, 0.15) is 52.9 Å². The number of carbonyl (C=O) groups is 1. The molecule has 124 valence electrons. The second-order valence-electron chi connectivity index (χ2n) is 7.06. The molecule has 2 aliphatic rings. The van der Waals surface area contributed by atoms with E-state index in [2.05, 4.69) is 10.6 Å². The Balaban J connectivity index is 0.00000220. The SMILES string of the molecule is CC(C)(C)S(=O)CCNC(=O)C1CC2CCCCC2N1.Cl. The molecule has 1 aliphatic heterocycles. The predicted octanol–water partition coefficient (Wildman–Crippen LogP) is 1.99. The van der Waals surface area contributed by atoms with Crippen molar-refractivity contribution in [2.45, 2.75) is 69.7 Å². The van der Waals surface area contributed by atoms with E-state index in [0.29, 0.717) is 24.3 Å². The Kier molecular flexibility index (Phi) is 7.14. The van der Waals surface area contributed by atoms with E-state index in [0.717, 1.165) is 6.42 Å². The minimum atomic E-state index is -0.898.